The number of carbonyl (C=O) groups is 1. The smallest absolute Gasteiger partial charge is 0.168 e. The van der Waals surface area contributed by atoms with E-state index in [1.165, 1.54) is 19.3 Å². The van der Waals surface area contributed by atoms with Crippen LogP contribution in [0.3, 0.4) is 0 Å². The van der Waals surface area contributed by atoms with E-state index in [9.17, 15) is 4.79 Å². The van der Waals surface area contributed by atoms with Crippen molar-refractivity contribution < 1.29 is 4.79 Å². The van der Waals surface area contributed by atoms with Crippen molar-refractivity contribution in [1.82, 2.24) is 0 Å². The van der Waals surface area contributed by atoms with Gasteiger partial charge in [-0.15, -0.1) is 12.6 Å². The van der Waals surface area contributed by atoms with E-state index in [1.807, 2.05) is 0 Å². The number of Topliss-reactive ketones (excluding diaryl/α,β-unsaturated/α-hetero) is 1. The molecule has 1 aliphatic rings. The van der Waals surface area contributed by atoms with Gasteiger partial charge in [-0.05, 0) is 30.6 Å². The van der Waals surface area contributed by atoms with Gasteiger partial charge in [0, 0.05) is 11.3 Å². The Balaban J connectivity index is 2.46. The molecule has 1 rings (SSSR count). The van der Waals surface area contributed by atoms with Crippen molar-refractivity contribution in [2.45, 2.75) is 39.5 Å². The lowest BCUT2D eigenvalue weighted by molar-refractivity contribution is -0.115. The summed E-state index contributed by atoms with van der Waals surface area (Å²) in [5.41, 5.74) is 0. The van der Waals surface area contributed by atoms with Crippen molar-refractivity contribution in [1.29, 1.82) is 0 Å². The average Bonchev–Trinajstić information content (AvgIpc) is 2.47. The summed E-state index contributed by atoms with van der Waals surface area (Å²) in [4.78, 5) is 11.9. The summed E-state index contributed by atoms with van der Waals surface area (Å²) in [6, 6.07) is 0. The van der Waals surface area contributed by atoms with Gasteiger partial charge in [-0.3, -0.25) is 4.79 Å². The van der Waals surface area contributed by atoms with Gasteiger partial charge in [0.1, 0.15) is 0 Å². The average molecular weight is 212 g/mol. The third kappa shape index (κ3) is 2.88. The molecule has 0 heterocycles. The number of carbonyl (C=O) groups excluding carboxylic acids is 1. The second-order valence-electron chi connectivity index (χ2n) is 4.56. The number of allylic oxidation sites excluding steroid dienone is 1. The van der Waals surface area contributed by atoms with Crippen LogP contribution in [0.4, 0.5) is 0 Å². The highest BCUT2D eigenvalue weighted by Crippen LogP contribution is 2.40. The van der Waals surface area contributed by atoms with Crippen LogP contribution in [0, 0.1) is 17.8 Å². The van der Waals surface area contributed by atoms with Crippen molar-refractivity contribution in [3.63, 3.8) is 0 Å². The highest BCUT2D eigenvalue weighted by atomic mass is 32.1. The van der Waals surface area contributed by atoms with Crippen LogP contribution < -0.4 is 0 Å². The van der Waals surface area contributed by atoms with Crippen LogP contribution in [-0.2, 0) is 4.79 Å². The Kier molecular flexibility index (Phi) is 4.24. The molecule has 0 radical (unpaired) electrons. The summed E-state index contributed by atoms with van der Waals surface area (Å²) >= 11 is 4.00. The van der Waals surface area contributed by atoms with Gasteiger partial charge in [0.05, 0.1) is 0 Å². The van der Waals surface area contributed by atoms with Crippen molar-refractivity contribution in [2.75, 3.05) is 0 Å². The molecule has 3 unspecified atom stereocenters. The Hall–Kier alpha value is -0.240. The fourth-order valence-electron chi connectivity index (χ4n) is 2.45. The lowest BCUT2D eigenvalue weighted by Crippen LogP contribution is -2.10. The van der Waals surface area contributed by atoms with Crippen molar-refractivity contribution in [2.24, 2.45) is 17.8 Å². The lowest BCUT2D eigenvalue weighted by atomic mass is 9.92. The van der Waals surface area contributed by atoms with Gasteiger partial charge in [0.2, 0.25) is 0 Å². The van der Waals surface area contributed by atoms with Crippen LogP contribution in [0.5, 0.6) is 0 Å². The molecule has 14 heavy (non-hydrogen) atoms. The quantitative estimate of drug-likeness (QED) is 0.558. The summed E-state index contributed by atoms with van der Waals surface area (Å²) in [6.45, 7) is 8.07. The van der Waals surface area contributed by atoms with Crippen molar-refractivity contribution in [3.05, 3.63) is 11.5 Å². The zero-order valence-electron chi connectivity index (χ0n) is 9.12. The van der Waals surface area contributed by atoms with Crippen LogP contribution in [0.2, 0.25) is 0 Å². The number of rotatable bonds is 4. The molecule has 0 aromatic rings. The topological polar surface area (TPSA) is 17.1 Å². The molecule has 1 nitrogen and oxygen atoms in total. The molecular weight excluding hydrogens is 192 g/mol. The van der Waals surface area contributed by atoms with Crippen LogP contribution >= 0.6 is 12.6 Å². The van der Waals surface area contributed by atoms with E-state index < -0.39 is 0 Å². The second kappa shape index (κ2) is 5.01. The standard InChI is InChI=1S/C12H20OS/c1-4-10-5-8(2)11(6-10)7-12(13)9(3)14/h8,10-11,14H,3-7H2,1-2H3. The highest BCUT2D eigenvalue weighted by Gasteiger charge is 2.31. The molecule has 0 N–H and O–H groups in total. The Morgan fingerprint density at radius 2 is 2.14 bits per heavy atom. The molecule has 0 saturated heterocycles. The van der Waals surface area contributed by atoms with Gasteiger partial charge >= 0.3 is 0 Å². The zero-order chi connectivity index (χ0) is 10.7. The first-order chi connectivity index (χ1) is 6.54. The van der Waals surface area contributed by atoms with E-state index in [2.05, 4.69) is 33.1 Å². The monoisotopic (exact) mass is 212 g/mol. The van der Waals surface area contributed by atoms with E-state index in [1.54, 1.807) is 0 Å². The van der Waals surface area contributed by atoms with Gasteiger partial charge in [-0.2, -0.15) is 0 Å². The second-order valence-corrected chi connectivity index (χ2v) is 5.10. The molecule has 0 spiro atoms. The molecule has 3 atom stereocenters. The maximum absolute atomic E-state index is 11.5. The van der Waals surface area contributed by atoms with Gasteiger partial charge in [0.15, 0.2) is 5.78 Å². The Bertz CT molecular complexity index is 234. The molecule has 80 valence electrons. The fraction of sp³-hybridized carbons (Fsp3) is 0.750. The number of hydrogen-bond donors (Lipinski definition) is 1. The highest BCUT2D eigenvalue weighted by molar-refractivity contribution is 7.85. The number of thiol groups is 1. The first-order valence-electron chi connectivity index (χ1n) is 5.45. The molecule has 0 amide bonds. The molecule has 0 bridgehead atoms. The van der Waals surface area contributed by atoms with Crippen molar-refractivity contribution in [3.8, 4) is 0 Å². The normalized spacial score (nSPS) is 31.8. The van der Waals surface area contributed by atoms with Gasteiger partial charge in [-0.25, -0.2) is 0 Å². The van der Waals surface area contributed by atoms with Crippen LogP contribution in [0.1, 0.15) is 39.5 Å². The number of ketones is 1. The molecular formula is C12H20OS. The van der Waals surface area contributed by atoms with E-state index in [-0.39, 0.29) is 5.78 Å². The van der Waals surface area contributed by atoms with Crippen LogP contribution in [-0.4, -0.2) is 5.78 Å². The molecule has 1 aliphatic carbocycles. The predicted octanol–water partition coefficient (Wildman–Crippen LogP) is 3.46. The van der Waals surface area contributed by atoms with Crippen LogP contribution in [0.15, 0.2) is 11.5 Å². The minimum Gasteiger partial charge on any atom is -0.294 e. The molecule has 1 fully saturated rings. The largest absolute Gasteiger partial charge is 0.294 e. The van der Waals surface area contributed by atoms with Crippen LogP contribution in [0.25, 0.3) is 0 Å². The SMILES string of the molecule is C=C(S)C(=O)CC1CC(CC)CC1C. The molecule has 0 aliphatic heterocycles. The van der Waals surface area contributed by atoms with E-state index >= 15 is 0 Å². The summed E-state index contributed by atoms with van der Waals surface area (Å²) in [5.74, 6) is 2.21. The molecule has 0 aromatic carbocycles. The minimum atomic E-state index is 0.127. The third-order valence-electron chi connectivity index (χ3n) is 3.49. The first-order valence-corrected chi connectivity index (χ1v) is 5.90. The molecule has 0 aromatic heterocycles. The van der Waals surface area contributed by atoms with E-state index in [0.717, 1.165) is 5.92 Å². The minimum absolute atomic E-state index is 0.127. The Morgan fingerprint density at radius 1 is 1.50 bits per heavy atom. The zero-order valence-corrected chi connectivity index (χ0v) is 10.0. The van der Waals surface area contributed by atoms with Gasteiger partial charge < -0.3 is 0 Å². The Morgan fingerprint density at radius 3 is 2.57 bits per heavy atom. The summed E-state index contributed by atoms with van der Waals surface area (Å²) in [7, 11) is 0. The maximum Gasteiger partial charge on any atom is 0.168 e. The molecule has 2 heteroatoms. The maximum atomic E-state index is 11.5. The first kappa shape index (κ1) is 11.8. The van der Waals surface area contributed by atoms with E-state index in [4.69, 9.17) is 0 Å². The van der Waals surface area contributed by atoms with Gasteiger partial charge in [-0.1, -0.05) is 26.8 Å². The summed E-state index contributed by atoms with van der Waals surface area (Å²) in [6.07, 6.45) is 4.40. The van der Waals surface area contributed by atoms with Crippen molar-refractivity contribution >= 4 is 18.4 Å². The fourth-order valence-corrected chi connectivity index (χ4v) is 2.54. The van der Waals surface area contributed by atoms with Gasteiger partial charge in [0.25, 0.3) is 0 Å². The van der Waals surface area contributed by atoms with E-state index in [0.29, 0.717) is 23.2 Å². The predicted molar refractivity (Wildman–Crippen MR) is 63.4 cm³/mol. The number of hydrogen-bond acceptors (Lipinski definition) is 2. The summed E-state index contributed by atoms with van der Waals surface area (Å²) < 4.78 is 0. The lowest BCUT2D eigenvalue weighted by Gasteiger charge is -2.13. The Labute approximate surface area is 92.4 Å². The summed E-state index contributed by atoms with van der Waals surface area (Å²) in [5, 5.41) is 0. The molecule has 1 saturated carbocycles. The third-order valence-corrected chi connectivity index (χ3v) is 3.74.